The van der Waals surface area contributed by atoms with Gasteiger partial charge in [-0.05, 0) is 55.2 Å². The molecule has 162 valence electrons. The Bertz CT molecular complexity index is 1220. The SMILES string of the molecule is Cc1ccc(C)c(/C(O)=C2\C(=O)C(=O)N(CCc3ccccc3)C2c2cccc(Br)c2)c1. The van der Waals surface area contributed by atoms with Gasteiger partial charge in [0.25, 0.3) is 11.7 Å². The Morgan fingerprint density at radius 3 is 2.44 bits per heavy atom. The average molecular weight is 490 g/mol. The molecule has 5 heteroatoms. The van der Waals surface area contributed by atoms with E-state index in [-0.39, 0.29) is 11.3 Å². The van der Waals surface area contributed by atoms with Crippen LogP contribution < -0.4 is 0 Å². The number of carbonyl (C=O) groups is 2. The van der Waals surface area contributed by atoms with Gasteiger partial charge in [0.1, 0.15) is 5.76 Å². The largest absolute Gasteiger partial charge is 0.507 e. The number of rotatable bonds is 5. The highest BCUT2D eigenvalue weighted by Gasteiger charge is 2.46. The van der Waals surface area contributed by atoms with Crippen molar-refractivity contribution < 1.29 is 14.7 Å². The first-order valence-corrected chi connectivity index (χ1v) is 11.3. The second-order valence-corrected chi connectivity index (χ2v) is 9.02. The van der Waals surface area contributed by atoms with E-state index in [0.717, 1.165) is 26.7 Å². The topological polar surface area (TPSA) is 57.6 Å². The number of benzene rings is 3. The second kappa shape index (κ2) is 9.13. The number of nitrogens with zero attached hydrogens (tertiary/aromatic N) is 1. The van der Waals surface area contributed by atoms with Crippen LogP contribution in [-0.4, -0.2) is 28.2 Å². The molecule has 1 amide bonds. The number of aryl methyl sites for hydroxylation is 2. The van der Waals surface area contributed by atoms with Gasteiger partial charge in [-0.25, -0.2) is 0 Å². The van der Waals surface area contributed by atoms with Crippen LogP contribution in [0.2, 0.25) is 0 Å². The highest BCUT2D eigenvalue weighted by atomic mass is 79.9. The highest BCUT2D eigenvalue weighted by Crippen LogP contribution is 2.40. The molecule has 1 N–H and O–H groups in total. The van der Waals surface area contributed by atoms with E-state index in [2.05, 4.69) is 15.9 Å². The molecule has 3 aromatic carbocycles. The van der Waals surface area contributed by atoms with Gasteiger partial charge in [0, 0.05) is 16.6 Å². The van der Waals surface area contributed by atoms with E-state index < -0.39 is 17.7 Å². The lowest BCUT2D eigenvalue weighted by atomic mass is 9.93. The molecule has 1 saturated heterocycles. The van der Waals surface area contributed by atoms with Gasteiger partial charge in [0.05, 0.1) is 11.6 Å². The zero-order chi connectivity index (χ0) is 22.8. The van der Waals surface area contributed by atoms with Crippen LogP contribution in [0.5, 0.6) is 0 Å². The molecule has 0 bridgehead atoms. The molecular weight excluding hydrogens is 466 g/mol. The molecule has 0 radical (unpaired) electrons. The fourth-order valence-electron chi connectivity index (χ4n) is 4.16. The average Bonchev–Trinajstić information content (AvgIpc) is 3.04. The summed E-state index contributed by atoms with van der Waals surface area (Å²) in [4.78, 5) is 27.9. The summed E-state index contributed by atoms with van der Waals surface area (Å²) in [6.07, 6.45) is 0.613. The molecule has 3 aromatic rings. The first-order chi connectivity index (χ1) is 15.4. The molecule has 1 aliphatic rings. The Balaban J connectivity index is 1.83. The summed E-state index contributed by atoms with van der Waals surface area (Å²) in [5, 5.41) is 11.3. The lowest BCUT2D eigenvalue weighted by Gasteiger charge is -2.25. The Labute approximate surface area is 196 Å². The summed E-state index contributed by atoms with van der Waals surface area (Å²) in [5.41, 5.74) is 4.38. The van der Waals surface area contributed by atoms with E-state index in [1.807, 2.05) is 86.6 Å². The quantitative estimate of drug-likeness (QED) is 0.282. The minimum absolute atomic E-state index is 0.128. The first kappa shape index (κ1) is 22.0. The van der Waals surface area contributed by atoms with Gasteiger partial charge in [0.2, 0.25) is 0 Å². The number of halogens is 1. The molecular formula is C27H24BrNO3. The summed E-state index contributed by atoms with van der Waals surface area (Å²) in [6, 6.07) is 22.4. The third kappa shape index (κ3) is 4.26. The first-order valence-electron chi connectivity index (χ1n) is 10.5. The lowest BCUT2D eigenvalue weighted by Crippen LogP contribution is -2.31. The van der Waals surface area contributed by atoms with Gasteiger partial charge in [-0.2, -0.15) is 0 Å². The van der Waals surface area contributed by atoms with Crippen LogP contribution in [0.25, 0.3) is 5.76 Å². The van der Waals surface area contributed by atoms with Crippen LogP contribution in [0.3, 0.4) is 0 Å². The predicted octanol–water partition coefficient (Wildman–Crippen LogP) is 5.73. The van der Waals surface area contributed by atoms with Crippen molar-refractivity contribution in [2.24, 2.45) is 0 Å². The van der Waals surface area contributed by atoms with Gasteiger partial charge in [-0.3, -0.25) is 9.59 Å². The molecule has 1 fully saturated rings. The highest BCUT2D eigenvalue weighted by molar-refractivity contribution is 9.10. The van der Waals surface area contributed by atoms with Crippen LogP contribution in [0.1, 0.15) is 33.9 Å². The number of Topliss-reactive ketones (excluding diaryl/α,β-unsaturated/α-hetero) is 1. The molecule has 0 aliphatic carbocycles. The van der Waals surface area contributed by atoms with E-state index in [1.54, 1.807) is 4.90 Å². The molecule has 32 heavy (non-hydrogen) atoms. The molecule has 4 nitrogen and oxygen atoms in total. The van der Waals surface area contributed by atoms with Gasteiger partial charge in [-0.15, -0.1) is 0 Å². The van der Waals surface area contributed by atoms with Crippen LogP contribution in [-0.2, 0) is 16.0 Å². The van der Waals surface area contributed by atoms with E-state index in [4.69, 9.17) is 0 Å². The van der Waals surface area contributed by atoms with E-state index >= 15 is 0 Å². The molecule has 1 heterocycles. The van der Waals surface area contributed by atoms with E-state index in [1.165, 1.54) is 0 Å². The van der Waals surface area contributed by atoms with E-state index in [9.17, 15) is 14.7 Å². The van der Waals surface area contributed by atoms with E-state index in [0.29, 0.717) is 18.5 Å². The predicted molar refractivity (Wildman–Crippen MR) is 129 cm³/mol. The maximum absolute atomic E-state index is 13.2. The fourth-order valence-corrected chi connectivity index (χ4v) is 4.58. The number of hydrogen-bond donors (Lipinski definition) is 1. The number of aliphatic hydroxyl groups excluding tert-OH is 1. The standard InChI is InChI=1S/C27H24BrNO3/c1-17-11-12-18(2)22(15-17)25(30)23-24(20-9-6-10-21(28)16-20)29(27(32)26(23)31)14-13-19-7-4-3-5-8-19/h3-12,15-16,24,30H,13-14H2,1-2H3/b25-23+. The zero-order valence-corrected chi connectivity index (χ0v) is 19.6. The van der Waals surface area contributed by atoms with Gasteiger partial charge in [0.15, 0.2) is 0 Å². The molecule has 0 aromatic heterocycles. The zero-order valence-electron chi connectivity index (χ0n) is 18.0. The minimum atomic E-state index is -0.656. The number of aliphatic hydroxyl groups is 1. The van der Waals surface area contributed by atoms with Crippen LogP contribution >= 0.6 is 15.9 Å². The Morgan fingerprint density at radius 1 is 0.969 bits per heavy atom. The van der Waals surface area contributed by atoms with Crippen molar-refractivity contribution in [3.05, 3.63) is 111 Å². The van der Waals surface area contributed by atoms with Crippen molar-refractivity contribution in [3.8, 4) is 0 Å². The molecule has 0 spiro atoms. The van der Waals surface area contributed by atoms with Crippen LogP contribution in [0.15, 0.2) is 82.8 Å². The monoisotopic (exact) mass is 489 g/mol. The van der Waals surface area contributed by atoms with Gasteiger partial charge >= 0.3 is 0 Å². The Hall–Kier alpha value is -3.18. The summed E-state index contributed by atoms with van der Waals surface area (Å²) >= 11 is 3.49. The Kier molecular flexibility index (Phi) is 6.28. The maximum atomic E-state index is 13.2. The molecule has 1 unspecified atom stereocenters. The third-order valence-electron chi connectivity index (χ3n) is 5.84. The normalized spacial score (nSPS) is 17.7. The number of amides is 1. The summed E-state index contributed by atoms with van der Waals surface area (Å²) < 4.78 is 0.843. The van der Waals surface area contributed by atoms with Crippen molar-refractivity contribution in [1.29, 1.82) is 0 Å². The van der Waals surface area contributed by atoms with Gasteiger partial charge in [-0.1, -0.05) is 76.1 Å². The Morgan fingerprint density at radius 2 is 1.72 bits per heavy atom. The van der Waals surface area contributed by atoms with Crippen LogP contribution in [0, 0.1) is 13.8 Å². The van der Waals surface area contributed by atoms with Gasteiger partial charge < -0.3 is 10.0 Å². The van der Waals surface area contributed by atoms with Crippen molar-refractivity contribution >= 4 is 33.4 Å². The summed E-state index contributed by atoms with van der Waals surface area (Å²) in [6.45, 7) is 4.18. The summed E-state index contributed by atoms with van der Waals surface area (Å²) in [5.74, 6) is -1.36. The molecule has 4 rings (SSSR count). The number of ketones is 1. The van der Waals surface area contributed by atoms with Crippen LogP contribution in [0.4, 0.5) is 0 Å². The van der Waals surface area contributed by atoms with Crippen molar-refractivity contribution in [3.63, 3.8) is 0 Å². The third-order valence-corrected chi connectivity index (χ3v) is 6.33. The fraction of sp³-hybridized carbons (Fsp3) is 0.185. The molecule has 1 atom stereocenters. The van der Waals surface area contributed by atoms with Crippen molar-refractivity contribution in [2.45, 2.75) is 26.3 Å². The second-order valence-electron chi connectivity index (χ2n) is 8.10. The molecule has 0 saturated carbocycles. The minimum Gasteiger partial charge on any atom is -0.507 e. The van der Waals surface area contributed by atoms with Crippen molar-refractivity contribution in [1.82, 2.24) is 4.90 Å². The molecule has 1 aliphatic heterocycles. The maximum Gasteiger partial charge on any atom is 0.295 e. The lowest BCUT2D eigenvalue weighted by molar-refractivity contribution is -0.139. The number of carbonyl (C=O) groups excluding carboxylic acids is 2. The smallest absolute Gasteiger partial charge is 0.295 e. The number of likely N-dealkylation sites (tertiary alicyclic amines) is 1. The van der Waals surface area contributed by atoms with Crippen molar-refractivity contribution in [2.75, 3.05) is 6.54 Å². The number of hydrogen-bond acceptors (Lipinski definition) is 3. The summed E-state index contributed by atoms with van der Waals surface area (Å²) in [7, 11) is 0.